The van der Waals surface area contributed by atoms with Crippen LogP contribution in [0.15, 0.2) is 41.1 Å². The van der Waals surface area contributed by atoms with Gasteiger partial charge in [0.25, 0.3) is 0 Å². The lowest BCUT2D eigenvalue weighted by molar-refractivity contribution is 0.655. The van der Waals surface area contributed by atoms with Crippen LogP contribution in [0.25, 0.3) is 10.9 Å². The third kappa shape index (κ3) is 1.86. The zero-order chi connectivity index (χ0) is 11.8. The molecule has 0 aliphatic rings. The quantitative estimate of drug-likeness (QED) is 0.727. The maximum absolute atomic E-state index is 4.53. The highest BCUT2D eigenvalue weighted by molar-refractivity contribution is 9.10. The van der Waals surface area contributed by atoms with Crippen molar-refractivity contribution < 1.29 is 0 Å². The standard InChI is InChI=1S/C12H11BrN4/c1-16-12-5-3-2-4-10(12)11(15-16)8-17-7-9(13)6-14-17/h2-7H,8H2,1H3. The van der Waals surface area contributed by atoms with E-state index in [9.17, 15) is 0 Å². The van der Waals surface area contributed by atoms with Crippen LogP contribution in [0, 0.1) is 0 Å². The van der Waals surface area contributed by atoms with E-state index < -0.39 is 0 Å². The number of nitrogens with zero attached hydrogens (tertiary/aromatic N) is 4. The summed E-state index contributed by atoms with van der Waals surface area (Å²) in [5.74, 6) is 0. The Morgan fingerprint density at radius 3 is 2.88 bits per heavy atom. The molecule has 0 aliphatic carbocycles. The van der Waals surface area contributed by atoms with Gasteiger partial charge in [-0.3, -0.25) is 9.36 Å². The van der Waals surface area contributed by atoms with E-state index in [1.165, 1.54) is 5.39 Å². The Hall–Kier alpha value is -1.62. The summed E-state index contributed by atoms with van der Waals surface area (Å²) in [5.41, 5.74) is 2.19. The molecular formula is C12H11BrN4. The van der Waals surface area contributed by atoms with Crippen molar-refractivity contribution in [2.75, 3.05) is 0 Å². The van der Waals surface area contributed by atoms with Gasteiger partial charge in [0.05, 0.1) is 28.4 Å². The smallest absolute Gasteiger partial charge is 0.0918 e. The largest absolute Gasteiger partial charge is 0.268 e. The molecule has 17 heavy (non-hydrogen) atoms. The van der Waals surface area contributed by atoms with E-state index in [1.807, 2.05) is 34.7 Å². The molecule has 0 unspecified atom stereocenters. The Labute approximate surface area is 107 Å². The first-order chi connectivity index (χ1) is 8.24. The molecule has 86 valence electrons. The number of rotatable bonds is 2. The fraction of sp³-hybridized carbons (Fsp3) is 0.167. The minimum atomic E-state index is 0.687. The summed E-state index contributed by atoms with van der Waals surface area (Å²) in [4.78, 5) is 0. The molecule has 0 atom stereocenters. The van der Waals surface area contributed by atoms with Crippen LogP contribution >= 0.6 is 15.9 Å². The van der Waals surface area contributed by atoms with Crippen molar-refractivity contribution in [2.24, 2.45) is 7.05 Å². The minimum absolute atomic E-state index is 0.687. The Balaban J connectivity index is 2.06. The summed E-state index contributed by atoms with van der Waals surface area (Å²) in [6.45, 7) is 0.687. The normalized spacial score (nSPS) is 11.2. The van der Waals surface area contributed by atoms with Crippen LogP contribution in [0.3, 0.4) is 0 Å². The average molecular weight is 291 g/mol. The number of hydrogen-bond acceptors (Lipinski definition) is 2. The number of halogens is 1. The summed E-state index contributed by atoms with van der Waals surface area (Å²) < 4.78 is 4.76. The van der Waals surface area contributed by atoms with Crippen LogP contribution in [-0.4, -0.2) is 19.6 Å². The van der Waals surface area contributed by atoms with Gasteiger partial charge in [-0.15, -0.1) is 0 Å². The zero-order valence-electron chi connectivity index (χ0n) is 9.34. The lowest BCUT2D eigenvalue weighted by Crippen LogP contribution is -2.01. The summed E-state index contributed by atoms with van der Waals surface area (Å²) >= 11 is 3.39. The van der Waals surface area contributed by atoms with E-state index in [2.05, 4.69) is 38.3 Å². The van der Waals surface area contributed by atoms with Crippen LogP contribution in [-0.2, 0) is 13.6 Å². The zero-order valence-corrected chi connectivity index (χ0v) is 10.9. The van der Waals surface area contributed by atoms with Crippen molar-refractivity contribution in [2.45, 2.75) is 6.54 Å². The molecule has 3 rings (SSSR count). The van der Waals surface area contributed by atoms with Gasteiger partial charge < -0.3 is 0 Å². The summed E-state index contributed by atoms with van der Waals surface area (Å²) in [5, 5.41) is 9.96. The predicted molar refractivity (Wildman–Crippen MR) is 69.7 cm³/mol. The van der Waals surface area contributed by atoms with Crippen LogP contribution in [0.4, 0.5) is 0 Å². The lowest BCUT2D eigenvalue weighted by Gasteiger charge is -1.97. The van der Waals surface area contributed by atoms with Gasteiger partial charge in [0, 0.05) is 18.6 Å². The summed E-state index contributed by atoms with van der Waals surface area (Å²) in [7, 11) is 1.96. The van der Waals surface area contributed by atoms with E-state index in [-0.39, 0.29) is 0 Å². The molecule has 4 nitrogen and oxygen atoms in total. The molecule has 0 fully saturated rings. The number of aryl methyl sites for hydroxylation is 1. The van der Waals surface area contributed by atoms with E-state index in [0.717, 1.165) is 15.7 Å². The molecule has 5 heteroatoms. The first-order valence-corrected chi connectivity index (χ1v) is 6.12. The molecule has 0 amide bonds. The average Bonchev–Trinajstić information content (AvgIpc) is 2.86. The molecule has 0 N–H and O–H groups in total. The highest BCUT2D eigenvalue weighted by atomic mass is 79.9. The third-order valence-corrected chi connectivity index (χ3v) is 3.16. The third-order valence-electron chi connectivity index (χ3n) is 2.75. The molecule has 2 heterocycles. The molecule has 0 saturated carbocycles. The lowest BCUT2D eigenvalue weighted by atomic mass is 10.2. The Morgan fingerprint density at radius 1 is 1.29 bits per heavy atom. The van der Waals surface area contributed by atoms with Gasteiger partial charge >= 0.3 is 0 Å². The number of fused-ring (bicyclic) bond motifs is 1. The number of aromatic nitrogens is 4. The van der Waals surface area contributed by atoms with E-state index in [4.69, 9.17) is 0 Å². The minimum Gasteiger partial charge on any atom is -0.268 e. The van der Waals surface area contributed by atoms with Gasteiger partial charge in [-0.2, -0.15) is 10.2 Å². The molecule has 1 aromatic carbocycles. The van der Waals surface area contributed by atoms with Crippen LogP contribution in [0.1, 0.15) is 5.69 Å². The predicted octanol–water partition coefficient (Wildman–Crippen LogP) is 2.58. The second-order valence-electron chi connectivity index (χ2n) is 3.94. The van der Waals surface area contributed by atoms with Crippen LogP contribution in [0.5, 0.6) is 0 Å². The molecule has 3 aromatic rings. The fourth-order valence-electron chi connectivity index (χ4n) is 1.98. The number of hydrogen-bond donors (Lipinski definition) is 0. The van der Waals surface area contributed by atoms with Crippen molar-refractivity contribution in [1.29, 1.82) is 0 Å². The first-order valence-electron chi connectivity index (χ1n) is 5.32. The Morgan fingerprint density at radius 2 is 2.12 bits per heavy atom. The molecule has 0 radical (unpaired) electrons. The van der Waals surface area contributed by atoms with E-state index >= 15 is 0 Å². The van der Waals surface area contributed by atoms with Crippen molar-refractivity contribution in [3.05, 3.63) is 46.8 Å². The fourth-order valence-corrected chi connectivity index (χ4v) is 2.31. The van der Waals surface area contributed by atoms with Crippen molar-refractivity contribution in [3.8, 4) is 0 Å². The van der Waals surface area contributed by atoms with Crippen molar-refractivity contribution >= 4 is 26.8 Å². The first kappa shape index (κ1) is 10.5. The maximum Gasteiger partial charge on any atom is 0.0918 e. The number of benzene rings is 1. The van der Waals surface area contributed by atoms with Gasteiger partial charge in [-0.05, 0) is 22.0 Å². The van der Waals surface area contributed by atoms with Crippen LogP contribution in [0.2, 0.25) is 0 Å². The van der Waals surface area contributed by atoms with Crippen molar-refractivity contribution in [3.63, 3.8) is 0 Å². The summed E-state index contributed by atoms with van der Waals surface area (Å²) in [6.07, 6.45) is 3.73. The molecule has 0 saturated heterocycles. The monoisotopic (exact) mass is 290 g/mol. The van der Waals surface area contributed by atoms with Gasteiger partial charge in [-0.25, -0.2) is 0 Å². The molecule has 0 bridgehead atoms. The van der Waals surface area contributed by atoms with Gasteiger partial charge in [0.2, 0.25) is 0 Å². The Kier molecular flexibility index (Phi) is 2.48. The Bertz CT molecular complexity index is 668. The maximum atomic E-state index is 4.53. The van der Waals surface area contributed by atoms with E-state index in [0.29, 0.717) is 6.54 Å². The van der Waals surface area contributed by atoms with Crippen molar-refractivity contribution in [1.82, 2.24) is 19.6 Å². The molecular weight excluding hydrogens is 280 g/mol. The van der Waals surface area contributed by atoms with Gasteiger partial charge in [0.15, 0.2) is 0 Å². The van der Waals surface area contributed by atoms with Gasteiger partial charge in [0.1, 0.15) is 0 Å². The molecule has 0 aliphatic heterocycles. The highest BCUT2D eigenvalue weighted by Crippen LogP contribution is 2.18. The van der Waals surface area contributed by atoms with Crippen LogP contribution < -0.4 is 0 Å². The van der Waals surface area contributed by atoms with Gasteiger partial charge in [-0.1, -0.05) is 18.2 Å². The second kappa shape index (κ2) is 4.00. The topological polar surface area (TPSA) is 35.6 Å². The molecule has 2 aromatic heterocycles. The summed E-state index contributed by atoms with van der Waals surface area (Å²) in [6, 6.07) is 8.23. The SMILES string of the molecule is Cn1nc(Cn2cc(Br)cn2)c2ccccc21. The number of para-hydroxylation sites is 1. The highest BCUT2D eigenvalue weighted by Gasteiger charge is 2.08. The second-order valence-corrected chi connectivity index (χ2v) is 4.86. The molecule has 0 spiro atoms. The van der Waals surface area contributed by atoms with E-state index in [1.54, 1.807) is 6.20 Å².